The van der Waals surface area contributed by atoms with E-state index in [-0.39, 0.29) is 4.90 Å². The van der Waals surface area contributed by atoms with Crippen LogP contribution in [0.4, 0.5) is 0 Å². The number of benzene rings is 3. The Morgan fingerprint density at radius 3 is 2.15 bits per heavy atom. The van der Waals surface area contributed by atoms with Gasteiger partial charge in [-0.25, -0.2) is 13.6 Å². The Kier molecular flexibility index (Phi) is 6.06. The van der Waals surface area contributed by atoms with Gasteiger partial charge in [-0.05, 0) is 53.9 Å². The topological polar surface area (TPSA) is 63.4 Å². The quantitative estimate of drug-likeness (QED) is 0.680. The van der Waals surface area contributed by atoms with Crippen LogP contribution >= 0.6 is 0 Å². The summed E-state index contributed by atoms with van der Waals surface area (Å²) in [5, 5.41) is 5.13. The fourth-order valence-corrected chi connectivity index (χ4v) is 3.55. The Balaban J connectivity index is 1.59. The van der Waals surface area contributed by atoms with Gasteiger partial charge >= 0.3 is 0 Å². The Hall–Kier alpha value is -2.47. The minimum absolute atomic E-state index is 0.150. The number of likely N-dealkylation sites (N-methyl/N-ethyl adjacent to an activating group) is 1. The van der Waals surface area contributed by atoms with Gasteiger partial charge in [0.25, 0.3) is 0 Å². The highest BCUT2D eigenvalue weighted by Gasteiger charge is 2.07. The summed E-state index contributed by atoms with van der Waals surface area (Å²) >= 11 is 0. The molecule has 0 heterocycles. The average Bonchev–Trinajstić information content (AvgIpc) is 2.67. The molecular formula is C22H24N2O2S. The first kappa shape index (κ1) is 19.3. The number of sulfonamides is 1. The van der Waals surface area contributed by atoms with Gasteiger partial charge in [0.2, 0.25) is 10.0 Å². The zero-order valence-electron chi connectivity index (χ0n) is 15.4. The van der Waals surface area contributed by atoms with Gasteiger partial charge in [0.1, 0.15) is 0 Å². The third-order valence-electron chi connectivity index (χ3n) is 4.52. The van der Waals surface area contributed by atoms with E-state index in [1.165, 1.54) is 16.7 Å². The molecule has 2 N–H and O–H groups in total. The molecule has 140 valence electrons. The minimum Gasteiger partial charge on any atom is -0.302 e. The van der Waals surface area contributed by atoms with Crippen LogP contribution in [0.1, 0.15) is 11.1 Å². The van der Waals surface area contributed by atoms with Crippen molar-refractivity contribution in [2.45, 2.75) is 17.9 Å². The summed E-state index contributed by atoms with van der Waals surface area (Å²) in [6, 6.07) is 25.7. The first-order chi connectivity index (χ1) is 12.9. The van der Waals surface area contributed by atoms with E-state index in [4.69, 9.17) is 5.14 Å². The van der Waals surface area contributed by atoms with Gasteiger partial charge in [-0.2, -0.15) is 0 Å². The van der Waals surface area contributed by atoms with Gasteiger partial charge in [-0.1, -0.05) is 60.7 Å². The van der Waals surface area contributed by atoms with Crippen molar-refractivity contribution in [3.05, 3.63) is 90.0 Å². The lowest BCUT2D eigenvalue weighted by atomic mass is 10.0. The fraction of sp³-hybridized carbons (Fsp3) is 0.182. The first-order valence-electron chi connectivity index (χ1n) is 8.86. The van der Waals surface area contributed by atoms with Crippen molar-refractivity contribution in [3.63, 3.8) is 0 Å². The van der Waals surface area contributed by atoms with Gasteiger partial charge in [0, 0.05) is 13.1 Å². The summed E-state index contributed by atoms with van der Waals surface area (Å²) in [7, 11) is -1.54. The van der Waals surface area contributed by atoms with E-state index in [0.29, 0.717) is 0 Å². The molecule has 0 unspecified atom stereocenters. The van der Waals surface area contributed by atoms with Gasteiger partial charge < -0.3 is 4.90 Å². The number of nitrogens with two attached hydrogens (primary N) is 1. The van der Waals surface area contributed by atoms with Gasteiger partial charge in [0.15, 0.2) is 0 Å². The monoisotopic (exact) mass is 380 g/mol. The number of hydrogen-bond donors (Lipinski definition) is 1. The number of nitrogens with zero attached hydrogens (tertiary/aromatic N) is 1. The van der Waals surface area contributed by atoms with Crippen LogP contribution in [0.15, 0.2) is 83.8 Å². The third-order valence-corrected chi connectivity index (χ3v) is 5.45. The lowest BCUT2D eigenvalue weighted by molar-refractivity contribution is 0.331. The van der Waals surface area contributed by atoms with E-state index < -0.39 is 10.0 Å². The van der Waals surface area contributed by atoms with Crippen LogP contribution in [0, 0.1) is 0 Å². The van der Waals surface area contributed by atoms with Crippen molar-refractivity contribution >= 4 is 10.0 Å². The predicted molar refractivity (Wildman–Crippen MR) is 110 cm³/mol. The van der Waals surface area contributed by atoms with E-state index in [1.807, 2.05) is 18.2 Å². The third kappa shape index (κ3) is 5.50. The molecule has 3 aromatic carbocycles. The second-order valence-electron chi connectivity index (χ2n) is 6.74. The molecule has 0 bridgehead atoms. The van der Waals surface area contributed by atoms with Crippen molar-refractivity contribution in [1.82, 2.24) is 4.90 Å². The van der Waals surface area contributed by atoms with Crippen molar-refractivity contribution in [2.75, 3.05) is 13.6 Å². The SMILES string of the molecule is CN(CCc1ccc(S(N)(=O)=O)cc1)Cc1cccc(-c2ccccc2)c1. The van der Waals surface area contributed by atoms with E-state index in [1.54, 1.807) is 12.1 Å². The molecule has 0 aliphatic heterocycles. The lowest BCUT2D eigenvalue weighted by Gasteiger charge is -2.17. The Morgan fingerprint density at radius 1 is 0.815 bits per heavy atom. The molecule has 0 fully saturated rings. The zero-order chi connectivity index (χ0) is 19.3. The summed E-state index contributed by atoms with van der Waals surface area (Å²) in [6.07, 6.45) is 0.847. The maximum Gasteiger partial charge on any atom is 0.238 e. The maximum absolute atomic E-state index is 11.3. The first-order valence-corrected chi connectivity index (χ1v) is 10.4. The lowest BCUT2D eigenvalue weighted by Crippen LogP contribution is -2.20. The smallest absolute Gasteiger partial charge is 0.238 e. The molecule has 0 saturated heterocycles. The summed E-state index contributed by atoms with van der Waals surface area (Å²) in [4.78, 5) is 2.41. The van der Waals surface area contributed by atoms with E-state index >= 15 is 0 Å². The standard InChI is InChI=1S/C22H24N2O2S/c1-24(15-14-18-10-12-22(13-11-18)27(23,25)26)17-19-6-5-9-21(16-19)20-7-3-2-4-8-20/h2-13,16H,14-15,17H2,1H3,(H2,23,25,26). The van der Waals surface area contributed by atoms with Crippen molar-refractivity contribution in [3.8, 4) is 11.1 Å². The van der Waals surface area contributed by atoms with Gasteiger partial charge in [-0.3, -0.25) is 0 Å². The minimum atomic E-state index is -3.63. The highest BCUT2D eigenvalue weighted by molar-refractivity contribution is 7.89. The Morgan fingerprint density at radius 2 is 1.48 bits per heavy atom. The van der Waals surface area contributed by atoms with Crippen LogP contribution in [0.2, 0.25) is 0 Å². The molecule has 4 nitrogen and oxygen atoms in total. The van der Waals surface area contributed by atoms with Crippen molar-refractivity contribution < 1.29 is 8.42 Å². The molecule has 0 aromatic heterocycles. The fourth-order valence-electron chi connectivity index (χ4n) is 3.04. The molecule has 0 radical (unpaired) electrons. The zero-order valence-corrected chi connectivity index (χ0v) is 16.2. The summed E-state index contributed by atoms with van der Waals surface area (Å²) < 4.78 is 22.6. The molecule has 0 aliphatic rings. The summed E-state index contributed by atoms with van der Waals surface area (Å²) in [6.45, 7) is 1.74. The molecule has 0 atom stereocenters. The molecule has 0 saturated carbocycles. The Labute approximate surface area is 161 Å². The van der Waals surface area contributed by atoms with Crippen LogP contribution in [0.5, 0.6) is 0 Å². The molecule has 0 amide bonds. The van der Waals surface area contributed by atoms with Crippen LogP contribution in [-0.2, 0) is 23.0 Å². The van der Waals surface area contributed by atoms with E-state index in [2.05, 4.69) is 60.5 Å². The van der Waals surface area contributed by atoms with E-state index in [9.17, 15) is 8.42 Å². The summed E-state index contributed by atoms with van der Waals surface area (Å²) in [5.41, 5.74) is 4.80. The molecule has 27 heavy (non-hydrogen) atoms. The highest BCUT2D eigenvalue weighted by atomic mass is 32.2. The van der Waals surface area contributed by atoms with Crippen LogP contribution < -0.4 is 5.14 Å². The van der Waals surface area contributed by atoms with Crippen molar-refractivity contribution in [2.24, 2.45) is 5.14 Å². The van der Waals surface area contributed by atoms with Crippen LogP contribution in [0.3, 0.4) is 0 Å². The van der Waals surface area contributed by atoms with Gasteiger partial charge in [0.05, 0.1) is 4.90 Å². The maximum atomic E-state index is 11.3. The largest absolute Gasteiger partial charge is 0.302 e. The number of rotatable bonds is 7. The van der Waals surface area contributed by atoms with E-state index in [0.717, 1.165) is 25.1 Å². The molecule has 3 aromatic rings. The average molecular weight is 381 g/mol. The number of primary sulfonamides is 1. The summed E-state index contributed by atoms with van der Waals surface area (Å²) in [5.74, 6) is 0. The normalized spacial score (nSPS) is 11.7. The van der Waals surface area contributed by atoms with Crippen LogP contribution in [0.25, 0.3) is 11.1 Å². The number of hydrogen-bond acceptors (Lipinski definition) is 3. The van der Waals surface area contributed by atoms with Crippen LogP contribution in [-0.4, -0.2) is 26.9 Å². The molecular weight excluding hydrogens is 356 g/mol. The molecule has 0 spiro atoms. The predicted octanol–water partition coefficient (Wildman–Crippen LogP) is 3.68. The molecule has 5 heteroatoms. The molecule has 3 rings (SSSR count). The second kappa shape index (κ2) is 8.48. The Bertz CT molecular complexity index is 984. The van der Waals surface area contributed by atoms with Gasteiger partial charge in [-0.15, -0.1) is 0 Å². The van der Waals surface area contributed by atoms with Crippen molar-refractivity contribution in [1.29, 1.82) is 0 Å². The molecule has 0 aliphatic carbocycles. The second-order valence-corrected chi connectivity index (χ2v) is 8.30. The highest BCUT2D eigenvalue weighted by Crippen LogP contribution is 2.20.